The van der Waals surface area contributed by atoms with Crippen LogP contribution < -0.4 is 10.0 Å². The lowest BCUT2D eigenvalue weighted by molar-refractivity contribution is -0.115. The van der Waals surface area contributed by atoms with Gasteiger partial charge in [-0.25, -0.2) is 13.1 Å². The quantitative estimate of drug-likeness (QED) is 0.756. The minimum Gasteiger partial charge on any atom is -0.326 e. The third-order valence-electron chi connectivity index (χ3n) is 4.05. The first-order chi connectivity index (χ1) is 12.0. The van der Waals surface area contributed by atoms with Crippen molar-refractivity contribution >= 4 is 21.6 Å². The van der Waals surface area contributed by atoms with Crippen LogP contribution in [0.3, 0.4) is 0 Å². The van der Waals surface area contributed by atoms with Crippen molar-refractivity contribution in [2.45, 2.75) is 37.5 Å². The summed E-state index contributed by atoms with van der Waals surface area (Å²) in [6, 6.07) is 16.0. The van der Waals surface area contributed by atoms with Crippen LogP contribution in [0.2, 0.25) is 0 Å². The highest BCUT2D eigenvalue weighted by molar-refractivity contribution is 7.89. The van der Waals surface area contributed by atoms with Gasteiger partial charge in [0.2, 0.25) is 15.9 Å². The first-order valence-electron chi connectivity index (χ1n) is 8.40. The third-order valence-corrected chi connectivity index (χ3v) is 5.49. The van der Waals surface area contributed by atoms with E-state index in [2.05, 4.69) is 10.0 Å². The fourth-order valence-electron chi connectivity index (χ4n) is 2.48. The van der Waals surface area contributed by atoms with E-state index in [1.807, 2.05) is 37.3 Å². The van der Waals surface area contributed by atoms with Crippen LogP contribution in [0.25, 0.3) is 0 Å². The van der Waals surface area contributed by atoms with Gasteiger partial charge in [0.15, 0.2) is 0 Å². The Morgan fingerprint density at radius 1 is 1.00 bits per heavy atom. The van der Waals surface area contributed by atoms with Crippen LogP contribution >= 0.6 is 0 Å². The van der Waals surface area contributed by atoms with Crippen molar-refractivity contribution in [1.82, 2.24) is 4.72 Å². The van der Waals surface area contributed by atoms with Crippen molar-refractivity contribution in [3.05, 3.63) is 60.2 Å². The zero-order chi connectivity index (χ0) is 18.3. The molecule has 1 amide bonds. The molecule has 0 saturated carbocycles. The summed E-state index contributed by atoms with van der Waals surface area (Å²) in [6.07, 6.45) is 1.22. The fraction of sp³-hybridized carbons (Fsp3) is 0.316. The van der Waals surface area contributed by atoms with E-state index < -0.39 is 10.0 Å². The number of carbonyl (C=O) groups is 1. The number of benzene rings is 2. The van der Waals surface area contributed by atoms with Gasteiger partial charge >= 0.3 is 0 Å². The number of carbonyl (C=O) groups excluding carboxylic acids is 1. The fourth-order valence-corrected chi connectivity index (χ4v) is 3.57. The summed E-state index contributed by atoms with van der Waals surface area (Å²) in [7, 11) is -3.59. The normalized spacial score (nSPS) is 12.6. The summed E-state index contributed by atoms with van der Waals surface area (Å²) in [5, 5.41) is 2.70. The number of sulfonamides is 1. The number of rotatable bonds is 8. The molecule has 0 heterocycles. The van der Waals surface area contributed by atoms with Gasteiger partial charge in [-0.2, -0.15) is 0 Å². The van der Waals surface area contributed by atoms with Gasteiger partial charge in [-0.05, 0) is 42.2 Å². The molecule has 2 aromatic rings. The lowest BCUT2D eigenvalue weighted by atomic mass is 9.97. The molecule has 6 heteroatoms. The van der Waals surface area contributed by atoms with Crippen molar-refractivity contribution in [1.29, 1.82) is 0 Å². The van der Waals surface area contributed by atoms with Crippen LogP contribution in [-0.2, 0) is 14.8 Å². The molecule has 134 valence electrons. The lowest BCUT2D eigenvalue weighted by Crippen LogP contribution is -2.28. The molecule has 2 rings (SSSR count). The first-order valence-corrected chi connectivity index (χ1v) is 9.89. The summed E-state index contributed by atoms with van der Waals surface area (Å²) in [6.45, 7) is 4.14. The van der Waals surface area contributed by atoms with Gasteiger partial charge in [0.1, 0.15) is 0 Å². The average Bonchev–Trinajstić information content (AvgIpc) is 2.63. The van der Waals surface area contributed by atoms with E-state index >= 15 is 0 Å². The molecule has 0 aliphatic rings. The van der Waals surface area contributed by atoms with Gasteiger partial charge in [-0.3, -0.25) is 4.79 Å². The zero-order valence-electron chi connectivity index (χ0n) is 14.5. The van der Waals surface area contributed by atoms with Crippen LogP contribution in [0.5, 0.6) is 0 Å². The van der Waals surface area contributed by atoms with E-state index in [1.54, 1.807) is 19.1 Å². The molecular weight excluding hydrogens is 336 g/mol. The van der Waals surface area contributed by atoms with Gasteiger partial charge in [-0.15, -0.1) is 0 Å². The standard InChI is InChI=1S/C19H24N2O3S/c1-3-15(16-8-6-5-7-9-16)14-20-25(23,24)18-12-10-17(11-13-18)21-19(22)4-2/h5-13,15,20H,3-4,14H2,1-2H3,(H,21,22). The molecule has 0 aromatic heterocycles. The topological polar surface area (TPSA) is 75.3 Å². The van der Waals surface area contributed by atoms with Gasteiger partial charge in [0.25, 0.3) is 0 Å². The highest BCUT2D eigenvalue weighted by Crippen LogP contribution is 2.20. The van der Waals surface area contributed by atoms with Crippen molar-refractivity contribution in [3.63, 3.8) is 0 Å². The SMILES string of the molecule is CCC(=O)Nc1ccc(S(=O)(=O)NCC(CC)c2ccccc2)cc1. The second-order valence-corrected chi connectivity index (χ2v) is 7.56. The van der Waals surface area contributed by atoms with E-state index in [4.69, 9.17) is 0 Å². The van der Waals surface area contributed by atoms with Crippen molar-refractivity contribution < 1.29 is 13.2 Å². The maximum Gasteiger partial charge on any atom is 0.240 e. The molecule has 0 aliphatic heterocycles. The highest BCUT2D eigenvalue weighted by Gasteiger charge is 2.17. The van der Waals surface area contributed by atoms with Gasteiger partial charge < -0.3 is 5.32 Å². The van der Waals surface area contributed by atoms with Crippen LogP contribution in [0.15, 0.2) is 59.5 Å². The van der Waals surface area contributed by atoms with E-state index in [9.17, 15) is 13.2 Å². The third kappa shape index (κ3) is 5.41. The second kappa shape index (κ2) is 8.78. The molecule has 1 atom stereocenters. The Balaban J connectivity index is 2.04. The summed E-state index contributed by atoms with van der Waals surface area (Å²) in [5.41, 5.74) is 1.70. The van der Waals surface area contributed by atoms with E-state index in [1.165, 1.54) is 12.1 Å². The molecule has 0 aliphatic carbocycles. The van der Waals surface area contributed by atoms with Gasteiger partial charge in [0, 0.05) is 18.7 Å². The van der Waals surface area contributed by atoms with Crippen molar-refractivity contribution in [2.75, 3.05) is 11.9 Å². The Morgan fingerprint density at radius 3 is 2.20 bits per heavy atom. The number of nitrogens with one attached hydrogen (secondary N) is 2. The molecular formula is C19H24N2O3S. The van der Waals surface area contributed by atoms with E-state index in [-0.39, 0.29) is 16.7 Å². The molecule has 0 bridgehead atoms. The summed E-state index contributed by atoms with van der Waals surface area (Å²) >= 11 is 0. The molecule has 0 spiro atoms. The molecule has 0 saturated heterocycles. The predicted molar refractivity (Wildman–Crippen MR) is 100 cm³/mol. The van der Waals surface area contributed by atoms with Crippen molar-refractivity contribution in [3.8, 4) is 0 Å². The Morgan fingerprint density at radius 2 is 1.64 bits per heavy atom. The largest absolute Gasteiger partial charge is 0.326 e. The highest BCUT2D eigenvalue weighted by atomic mass is 32.2. The Bertz CT molecular complexity index is 787. The molecule has 25 heavy (non-hydrogen) atoms. The maximum absolute atomic E-state index is 12.5. The van der Waals surface area contributed by atoms with E-state index in [0.29, 0.717) is 18.7 Å². The molecule has 2 aromatic carbocycles. The molecule has 5 nitrogen and oxygen atoms in total. The maximum atomic E-state index is 12.5. The Hall–Kier alpha value is -2.18. The van der Waals surface area contributed by atoms with Crippen LogP contribution in [0.1, 0.15) is 38.2 Å². The summed E-state index contributed by atoms with van der Waals surface area (Å²) in [5.74, 6) is 0.0153. The van der Waals surface area contributed by atoms with E-state index in [0.717, 1.165) is 12.0 Å². The zero-order valence-corrected chi connectivity index (χ0v) is 15.3. The number of anilines is 1. The van der Waals surface area contributed by atoms with Gasteiger partial charge in [-0.1, -0.05) is 44.2 Å². The number of amides is 1. The van der Waals surface area contributed by atoms with Crippen LogP contribution in [0, 0.1) is 0 Å². The van der Waals surface area contributed by atoms with Gasteiger partial charge in [0.05, 0.1) is 4.90 Å². The smallest absolute Gasteiger partial charge is 0.240 e. The Kier molecular flexibility index (Phi) is 6.73. The lowest BCUT2D eigenvalue weighted by Gasteiger charge is -2.16. The summed E-state index contributed by atoms with van der Waals surface area (Å²) in [4.78, 5) is 11.6. The average molecular weight is 360 g/mol. The van der Waals surface area contributed by atoms with Crippen LogP contribution in [-0.4, -0.2) is 20.9 Å². The molecule has 0 radical (unpaired) electrons. The van der Waals surface area contributed by atoms with Crippen molar-refractivity contribution in [2.24, 2.45) is 0 Å². The minimum absolute atomic E-state index is 0.109. The molecule has 2 N–H and O–H groups in total. The Labute approximate surface area is 149 Å². The number of hydrogen-bond donors (Lipinski definition) is 2. The number of hydrogen-bond acceptors (Lipinski definition) is 3. The first kappa shape index (κ1) is 19.1. The molecule has 1 unspecified atom stereocenters. The second-order valence-electron chi connectivity index (χ2n) is 5.79. The van der Waals surface area contributed by atoms with Crippen LogP contribution in [0.4, 0.5) is 5.69 Å². The minimum atomic E-state index is -3.59. The predicted octanol–water partition coefficient (Wildman–Crippen LogP) is 3.51. The molecule has 0 fully saturated rings. The monoisotopic (exact) mass is 360 g/mol. The summed E-state index contributed by atoms with van der Waals surface area (Å²) < 4.78 is 27.6.